The monoisotopic (exact) mass is 199 g/mol. The SMILES string of the molecule is COC(C)C(=O)Nc1cscc1C. The average Bonchev–Trinajstić information content (AvgIpc) is 2.50. The fraction of sp³-hybridized carbons (Fsp3) is 0.444. The zero-order valence-electron chi connectivity index (χ0n) is 7.96. The summed E-state index contributed by atoms with van der Waals surface area (Å²) in [7, 11) is 1.52. The fourth-order valence-electron chi connectivity index (χ4n) is 0.830. The smallest absolute Gasteiger partial charge is 0.253 e. The Morgan fingerprint density at radius 2 is 2.31 bits per heavy atom. The lowest BCUT2D eigenvalue weighted by Crippen LogP contribution is -2.26. The molecule has 3 nitrogen and oxygen atoms in total. The number of thiophene rings is 1. The van der Waals surface area contributed by atoms with Crippen LogP contribution in [0.2, 0.25) is 0 Å². The van der Waals surface area contributed by atoms with Gasteiger partial charge in [-0.15, -0.1) is 11.3 Å². The highest BCUT2D eigenvalue weighted by Crippen LogP contribution is 2.19. The molecule has 0 spiro atoms. The molecule has 72 valence electrons. The van der Waals surface area contributed by atoms with E-state index in [2.05, 4.69) is 5.32 Å². The van der Waals surface area contributed by atoms with Gasteiger partial charge in [0.05, 0.1) is 5.69 Å². The molecular weight excluding hydrogens is 186 g/mol. The maximum Gasteiger partial charge on any atom is 0.253 e. The van der Waals surface area contributed by atoms with Gasteiger partial charge < -0.3 is 10.1 Å². The van der Waals surface area contributed by atoms with Crippen molar-refractivity contribution in [3.8, 4) is 0 Å². The van der Waals surface area contributed by atoms with Crippen molar-refractivity contribution in [2.75, 3.05) is 12.4 Å². The van der Waals surface area contributed by atoms with Crippen LogP contribution in [-0.4, -0.2) is 19.1 Å². The minimum atomic E-state index is -0.403. The van der Waals surface area contributed by atoms with Gasteiger partial charge in [-0.2, -0.15) is 0 Å². The van der Waals surface area contributed by atoms with E-state index in [9.17, 15) is 4.79 Å². The van der Waals surface area contributed by atoms with Crippen molar-refractivity contribution >= 4 is 22.9 Å². The van der Waals surface area contributed by atoms with Crippen LogP contribution in [0.15, 0.2) is 10.8 Å². The Bertz CT molecular complexity index is 296. The van der Waals surface area contributed by atoms with Gasteiger partial charge in [-0.3, -0.25) is 4.79 Å². The molecule has 0 saturated heterocycles. The van der Waals surface area contributed by atoms with Gasteiger partial charge in [-0.05, 0) is 24.8 Å². The van der Waals surface area contributed by atoms with Crippen molar-refractivity contribution in [1.82, 2.24) is 0 Å². The first-order valence-electron chi connectivity index (χ1n) is 4.01. The summed E-state index contributed by atoms with van der Waals surface area (Å²) in [6.45, 7) is 3.68. The topological polar surface area (TPSA) is 38.3 Å². The molecule has 0 bridgehead atoms. The van der Waals surface area contributed by atoms with Crippen LogP contribution in [0.25, 0.3) is 0 Å². The van der Waals surface area contributed by atoms with Gasteiger partial charge in [-0.1, -0.05) is 0 Å². The number of aryl methyl sites for hydroxylation is 1. The van der Waals surface area contributed by atoms with E-state index in [-0.39, 0.29) is 5.91 Å². The van der Waals surface area contributed by atoms with Crippen molar-refractivity contribution in [2.45, 2.75) is 20.0 Å². The van der Waals surface area contributed by atoms with Crippen molar-refractivity contribution in [3.05, 3.63) is 16.3 Å². The molecular formula is C9H13NO2S. The van der Waals surface area contributed by atoms with E-state index in [0.717, 1.165) is 11.3 Å². The molecule has 1 aromatic heterocycles. The molecule has 0 aromatic carbocycles. The van der Waals surface area contributed by atoms with Crippen LogP contribution in [-0.2, 0) is 9.53 Å². The highest BCUT2D eigenvalue weighted by atomic mass is 32.1. The summed E-state index contributed by atoms with van der Waals surface area (Å²) in [6.07, 6.45) is -0.403. The van der Waals surface area contributed by atoms with Crippen molar-refractivity contribution in [3.63, 3.8) is 0 Å². The predicted octanol–water partition coefficient (Wildman–Crippen LogP) is 2.03. The molecule has 1 rings (SSSR count). The lowest BCUT2D eigenvalue weighted by molar-refractivity contribution is -0.124. The lowest BCUT2D eigenvalue weighted by Gasteiger charge is -2.09. The van der Waals surface area contributed by atoms with E-state index in [0.29, 0.717) is 0 Å². The maximum absolute atomic E-state index is 11.4. The zero-order chi connectivity index (χ0) is 9.84. The molecule has 1 atom stereocenters. The van der Waals surface area contributed by atoms with Gasteiger partial charge in [0.25, 0.3) is 5.91 Å². The summed E-state index contributed by atoms with van der Waals surface area (Å²) in [5.41, 5.74) is 1.96. The number of rotatable bonds is 3. The Labute approximate surface area is 81.7 Å². The second-order valence-corrected chi connectivity index (χ2v) is 3.58. The predicted molar refractivity (Wildman–Crippen MR) is 54.2 cm³/mol. The number of ether oxygens (including phenoxy) is 1. The molecule has 0 radical (unpaired) electrons. The molecule has 0 fully saturated rings. The van der Waals surface area contributed by atoms with E-state index in [4.69, 9.17) is 4.74 Å². The molecule has 0 aliphatic carbocycles. The molecule has 1 heterocycles. The molecule has 1 aromatic rings. The standard InChI is InChI=1S/C9H13NO2S/c1-6-4-13-5-8(6)10-9(11)7(2)12-3/h4-5,7H,1-3H3,(H,10,11). The van der Waals surface area contributed by atoms with Gasteiger partial charge >= 0.3 is 0 Å². The van der Waals surface area contributed by atoms with Crippen LogP contribution in [0.1, 0.15) is 12.5 Å². The third-order valence-corrected chi connectivity index (χ3v) is 2.70. The molecule has 1 N–H and O–H groups in total. The van der Waals surface area contributed by atoms with Crippen LogP contribution in [0.4, 0.5) is 5.69 Å². The summed E-state index contributed by atoms with van der Waals surface area (Å²) in [5, 5.41) is 6.69. The maximum atomic E-state index is 11.4. The van der Waals surface area contributed by atoms with Gasteiger partial charge in [0.1, 0.15) is 6.10 Å². The largest absolute Gasteiger partial charge is 0.372 e. The summed E-state index contributed by atoms with van der Waals surface area (Å²) in [6, 6.07) is 0. The third-order valence-electron chi connectivity index (χ3n) is 1.84. The minimum absolute atomic E-state index is 0.107. The van der Waals surface area contributed by atoms with Crippen molar-refractivity contribution in [1.29, 1.82) is 0 Å². The molecule has 4 heteroatoms. The second-order valence-electron chi connectivity index (χ2n) is 2.84. The molecule has 1 amide bonds. The number of methoxy groups -OCH3 is 1. The molecule has 0 saturated carbocycles. The van der Waals surface area contributed by atoms with Crippen LogP contribution >= 0.6 is 11.3 Å². The van der Waals surface area contributed by atoms with Crippen LogP contribution in [0, 0.1) is 6.92 Å². The van der Waals surface area contributed by atoms with E-state index in [1.165, 1.54) is 7.11 Å². The number of amides is 1. The summed E-state index contributed by atoms with van der Waals surface area (Å²) in [4.78, 5) is 11.4. The first-order chi connectivity index (χ1) is 6.15. The second kappa shape index (κ2) is 4.39. The molecule has 0 aliphatic rings. The highest BCUT2D eigenvalue weighted by Gasteiger charge is 2.12. The van der Waals surface area contributed by atoms with Crippen molar-refractivity contribution in [2.24, 2.45) is 0 Å². The summed E-state index contributed by atoms with van der Waals surface area (Å²) < 4.78 is 4.89. The number of hydrogen-bond acceptors (Lipinski definition) is 3. The summed E-state index contributed by atoms with van der Waals surface area (Å²) in [5.74, 6) is -0.107. The van der Waals surface area contributed by atoms with E-state index >= 15 is 0 Å². The number of carbonyl (C=O) groups is 1. The van der Waals surface area contributed by atoms with Crippen LogP contribution in [0.5, 0.6) is 0 Å². The molecule has 0 aliphatic heterocycles. The van der Waals surface area contributed by atoms with E-state index in [1.54, 1.807) is 18.3 Å². The lowest BCUT2D eigenvalue weighted by atomic mass is 10.3. The van der Waals surface area contributed by atoms with Gasteiger partial charge in [0.2, 0.25) is 0 Å². The van der Waals surface area contributed by atoms with Gasteiger partial charge in [0, 0.05) is 12.5 Å². The number of carbonyl (C=O) groups excluding carboxylic acids is 1. The highest BCUT2D eigenvalue weighted by molar-refractivity contribution is 7.08. The Kier molecular flexibility index (Phi) is 3.45. The Morgan fingerprint density at radius 3 is 2.77 bits per heavy atom. The van der Waals surface area contributed by atoms with Crippen LogP contribution in [0.3, 0.4) is 0 Å². The summed E-state index contributed by atoms with van der Waals surface area (Å²) >= 11 is 1.57. The van der Waals surface area contributed by atoms with Gasteiger partial charge in [-0.25, -0.2) is 0 Å². The average molecular weight is 199 g/mol. The van der Waals surface area contributed by atoms with E-state index in [1.807, 2.05) is 17.7 Å². The Morgan fingerprint density at radius 1 is 1.62 bits per heavy atom. The van der Waals surface area contributed by atoms with Gasteiger partial charge in [0.15, 0.2) is 0 Å². The molecule has 1 unspecified atom stereocenters. The minimum Gasteiger partial charge on any atom is -0.372 e. The first-order valence-corrected chi connectivity index (χ1v) is 4.96. The quantitative estimate of drug-likeness (QED) is 0.809. The fourth-order valence-corrected chi connectivity index (χ4v) is 1.61. The molecule has 13 heavy (non-hydrogen) atoms. The van der Waals surface area contributed by atoms with Crippen LogP contribution < -0.4 is 5.32 Å². The first kappa shape index (κ1) is 10.2. The Hall–Kier alpha value is -0.870. The normalized spacial score (nSPS) is 12.5. The van der Waals surface area contributed by atoms with E-state index < -0.39 is 6.10 Å². The number of nitrogens with one attached hydrogen (secondary N) is 1. The third kappa shape index (κ3) is 2.54. The zero-order valence-corrected chi connectivity index (χ0v) is 8.77. The number of hydrogen-bond donors (Lipinski definition) is 1. The number of anilines is 1. The Balaban J connectivity index is 2.60. The van der Waals surface area contributed by atoms with Crippen molar-refractivity contribution < 1.29 is 9.53 Å².